The minimum Gasteiger partial charge on any atom is -0.305 e. The van der Waals surface area contributed by atoms with Crippen LogP contribution in [-0.2, 0) is 0 Å². The Hall–Kier alpha value is -0.350. The number of hydrogen-bond donors (Lipinski definition) is 1. The number of hydrogen-bond acceptors (Lipinski definition) is 3. The maximum atomic E-state index is 6.42. The molecule has 1 unspecified atom stereocenters. The molecule has 1 nitrogen and oxygen atoms in total. The van der Waals surface area contributed by atoms with E-state index in [9.17, 15) is 0 Å². The quantitative estimate of drug-likeness (QED) is 0.829. The van der Waals surface area contributed by atoms with Crippen molar-refractivity contribution in [2.24, 2.45) is 0 Å². The molecule has 2 rings (SSSR count). The Labute approximate surface area is 122 Å². The van der Waals surface area contributed by atoms with Crippen LogP contribution in [0.5, 0.6) is 0 Å². The molecule has 1 N–H and O–H groups in total. The molecule has 4 heteroatoms. The number of nitrogens with one attached hydrogen (secondary N) is 1. The van der Waals surface area contributed by atoms with Gasteiger partial charge in [-0.05, 0) is 49.9 Å². The third-order valence-corrected chi connectivity index (χ3v) is 5.93. The highest BCUT2D eigenvalue weighted by molar-refractivity contribution is 7.13. The van der Waals surface area contributed by atoms with Crippen molar-refractivity contribution in [3.8, 4) is 0 Å². The number of thiophene rings is 2. The fourth-order valence-electron chi connectivity index (χ4n) is 2.10. The van der Waals surface area contributed by atoms with Crippen molar-refractivity contribution in [1.29, 1.82) is 0 Å². The van der Waals surface area contributed by atoms with E-state index < -0.39 is 0 Å². The average Bonchev–Trinajstić information content (AvgIpc) is 2.81. The van der Waals surface area contributed by atoms with E-state index >= 15 is 0 Å². The van der Waals surface area contributed by atoms with Crippen LogP contribution in [0.25, 0.3) is 0 Å². The Morgan fingerprint density at radius 1 is 1.22 bits per heavy atom. The van der Waals surface area contributed by atoms with Crippen LogP contribution in [0.15, 0.2) is 11.4 Å². The molecule has 0 saturated carbocycles. The van der Waals surface area contributed by atoms with Gasteiger partial charge in [-0.3, -0.25) is 0 Å². The van der Waals surface area contributed by atoms with Gasteiger partial charge in [0.05, 0.1) is 11.1 Å². The standard InChI is InChI=1S/C14H18ClNS2/c1-5-16-12(13-8(2)6-10(4)18-13)14-11(15)9(3)7-17-14/h6-7,12,16H,5H2,1-4H3. The molecule has 0 fully saturated rings. The topological polar surface area (TPSA) is 12.0 Å². The molecule has 2 heterocycles. The Balaban J connectivity index is 2.46. The van der Waals surface area contributed by atoms with Crippen LogP contribution in [0.2, 0.25) is 5.02 Å². The third kappa shape index (κ3) is 2.64. The number of rotatable bonds is 4. The fraction of sp³-hybridized carbons (Fsp3) is 0.429. The number of halogens is 1. The zero-order chi connectivity index (χ0) is 13.3. The van der Waals surface area contributed by atoms with Crippen molar-refractivity contribution >= 4 is 34.3 Å². The average molecular weight is 300 g/mol. The van der Waals surface area contributed by atoms with E-state index in [1.165, 1.54) is 25.8 Å². The molecule has 18 heavy (non-hydrogen) atoms. The smallest absolute Gasteiger partial charge is 0.0782 e. The zero-order valence-electron chi connectivity index (χ0n) is 11.1. The van der Waals surface area contributed by atoms with Gasteiger partial charge in [0.15, 0.2) is 0 Å². The molecule has 0 saturated heterocycles. The lowest BCUT2D eigenvalue weighted by atomic mass is 10.1. The van der Waals surface area contributed by atoms with Gasteiger partial charge < -0.3 is 5.32 Å². The summed E-state index contributed by atoms with van der Waals surface area (Å²) >= 11 is 10.0. The summed E-state index contributed by atoms with van der Waals surface area (Å²) in [7, 11) is 0. The lowest BCUT2D eigenvalue weighted by Gasteiger charge is -2.17. The second-order valence-corrected chi connectivity index (χ2v) is 7.07. The van der Waals surface area contributed by atoms with Crippen LogP contribution < -0.4 is 5.32 Å². The minimum absolute atomic E-state index is 0.236. The summed E-state index contributed by atoms with van der Waals surface area (Å²) < 4.78 is 0. The molecule has 1 atom stereocenters. The predicted molar refractivity (Wildman–Crippen MR) is 83.4 cm³/mol. The van der Waals surface area contributed by atoms with Crippen molar-refractivity contribution in [3.63, 3.8) is 0 Å². The summed E-state index contributed by atoms with van der Waals surface area (Å²) in [5.41, 5.74) is 2.52. The molecule has 0 spiro atoms. The van der Waals surface area contributed by atoms with Gasteiger partial charge >= 0.3 is 0 Å². The lowest BCUT2D eigenvalue weighted by Crippen LogP contribution is -2.21. The van der Waals surface area contributed by atoms with Crippen molar-refractivity contribution in [3.05, 3.63) is 42.2 Å². The van der Waals surface area contributed by atoms with Gasteiger partial charge in [-0.15, -0.1) is 22.7 Å². The highest BCUT2D eigenvalue weighted by atomic mass is 35.5. The fourth-order valence-corrected chi connectivity index (χ4v) is 4.68. The first-order valence-electron chi connectivity index (χ1n) is 6.08. The molecule has 0 aliphatic heterocycles. The van der Waals surface area contributed by atoms with Crippen molar-refractivity contribution < 1.29 is 0 Å². The molecular weight excluding hydrogens is 282 g/mol. The maximum Gasteiger partial charge on any atom is 0.0782 e. The molecule has 98 valence electrons. The molecule has 0 radical (unpaired) electrons. The van der Waals surface area contributed by atoms with Gasteiger partial charge in [0, 0.05) is 14.6 Å². The van der Waals surface area contributed by atoms with E-state index in [1.54, 1.807) is 11.3 Å². The van der Waals surface area contributed by atoms with Crippen LogP contribution >= 0.6 is 34.3 Å². The van der Waals surface area contributed by atoms with Gasteiger partial charge in [0.25, 0.3) is 0 Å². The monoisotopic (exact) mass is 299 g/mol. The zero-order valence-corrected chi connectivity index (χ0v) is 13.5. The van der Waals surface area contributed by atoms with E-state index in [-0.39, 0.29) is 6.04 Å². The molecule has 0 aromatic carbocycles. The summed E-state index contributed by atoms with van der Waals surface area (Å²) in [6.45, 7) is 9.48. The summed E-state index contributed by atoms with van der Waals surface area (Å²) in [4.78, 5) is 3.98. The summed E-state index contributed by atoms with van der Waals surface area (Å²) in [5.74, 6) is 0. The second kappa shape index (κ2) is 5.74. The van der Waals surface area contributed by atoms with Gasteiger partial charge in [0.1, 0.15) is 0 Å². The second-order valence-electron chi connectivity index (χ2n) is 4.49. The first-order chi connectivity index (χ1) is 8.54. The maximum absolute atomic E-state index is 6.42. The van der Waals surface area contributed by atoms with E-state index in [1.807, 2.05) is 11.3 Å². The van der Waals surface area contributed by atoms with E-state index in [2.05, 4.69) is 44.5 Å². The molecule has 0 aliphatic rings. The van der Waals surface area contributed by atoms with Gasteiger partial charge in [-0.1, -0.05) is 18.5 Å². The van der Waals surface area contributed by atoms with Gasteiger partial charge in [0.2, 0.25) is 0 Å². The summed E-state index contributed by atoms with van der Waals surface area (Å²) in [6.07, 6.45) is 0. The van der Waals surface area contributed by atoms with Gasteiger partial charge in [-0.25, -0.2) is 0 Å². The first kappa shape index (κ1) is 14.1. The van der Waals surface area contributed by atoms with Crippen LogP contribution in [-0.4, -0.2) is 6.54 Å². The Morgan fingerprint density at radius 2 is 1.94 bits per heavy atom. The molecule has 0 amide bonds. The predicted octanol–water partition coefficient (Wildman–Crippen LogP) is 5.09. The Kier molecular flexibility index (Phi) is 4.49. The summed E-state index contributed by atoms with van der Waals surface area (Å²) in [6, 6.07) is 2.48. The normalized spacial score (nSPS) is 12.9. The van der Waals surface area contributed by atoms with Crippen LogP contribution in [0.3, 0.4) is 0 Å². The van der Waals surface area contributed by atoms with Crippen LogP contribution in [0, 0.1) is 20.8 Å². The Morgan fingerprint density at radius 3 is 2.39 bits per heavy atom. The van der Waals surface area contributed by atoms with E-state index in [4.69, 9.17) is 11.6 Å². The molecule has 0 bridgehead atoms. The SMILES string of the molecule is CCNC(c1sc(C)cc1C)c1scc(C)c1Cl. The lowest BCUT2D eigenvalue weighted by molar-refractivity contribution is 0.646. The highest BCUT2D eigenvalue weighted by Gasteiger charge is 2.22. The number of aryl methyl sites for hydroxylation is 3. The van der Waals surface area contributed by atoms with Crippen LogP contribution in [0.4, 0.5) is 0 Å². The van der Waals surface area contributed by atoms with Crippen molar-refractivity contribution in [1.82, 2.24) is 5.32 Å². The van der Waals surface area contributed by atoms with Crippen LogP contribution in [0.1, 0.15) is 38.7 Å². The molecular formula is C14H18ClNS2. The first-order valence-corrected chi connectivity index (χ1v) is 8.15. The molecule has 2 aromatic rings. The van der Waals surface area contributed by atoms with E-state index in [0.717, 1.165) is 11.6 Å². The highest BCUT2D eigenvalue weighted by Crippen LogP contribution is 2.39. The molecule has 2 aromatic heterocycles. The van der Waals surface area contributed by atoms with E-state index in [0.29, 0.717) is 0 Å². The molecule has 0 aliphatic carbocycles. The van der Waals surface area contributed by atoms with Crippen molar-refractivity contribution in [2.75, 3.05) is 6.54 Å². The largest absolute Gasteiger partial charge is 0.305 e. The van der Waals surface area contributed by atoms with Crippen molar-refractivity contribution in [2.45, 2.75) is 33.7 Å². The Bertz CT molecular complexity index is 540. The minimum atomic E-state index is 0.236. The van der Waals surface area contributed by atoms with Gasteiger partial charge in [-0.2, -0.15) is 0 Å². The summed E-state index contributed by atoms with van der Waals surface area (Å²) in [5, 5.41) is 6.61. The third-order valence-electron chi connectivity index (χ3n) is 2.94.